The average molecular weight is 265 g/mol. The lowest BCUT2D eigenvalue weighted by Gasteiger charge is -2.16. The molecule has 0 aliphatic carbocycles. The van der Waals surface area contributed by atoms with Gasteiger partial charge in [-0.25, -0.2) is 4.98 Å². The fourth-order valence-electron chi connectivity index (χ4n) is 1.95. The molecule has 0 saturated heterocycles. The standard InChI is InChI=1S/C13H17ClN4/c1-3-18-7-6-16-13(18)8-12(15-2)11-5-4-10(14)9-17-11/h4-7,9,12,15H,3,8H2,1-2H3. The van der Waals surface area contributed by atoms with Crippen molar-refractivity contribution in [3.05, 3.63) is 47.3 Å². The quantitative estimate of drug-likeness (QED) is 0.902. The molecule has 1 N–H and O–H groups in total. The van der Waals surface area contributed by atoms with Gasteiger partial charge in [0, 0.05) is 31.6 Å². The minimum atomic E-state index is 0.148. The minimum absolute atomic E-state index is 0.148. The fraction of sp³-hybridized carbons (Fsp3) is 0.385. The van der Waals surface area contributed by atoms with Gasteiger partial charge in [-0.05, 0) is 26.1 Å². The predicted molar refractivity (Wildman–Crippen MR) is 72.7 cm³/mol. The minimum Gasteiger partial charge on any atom is -0.335 e. The Labute approximate surface area is 112 Å². The Morgan fingerprint density at radius 2 is 2.22 bits per heavy atom. The number of rotatable bonds is 5. The topological polar surface area (TPSA) is 42.7 Å². The van der Waals surface area contributed by atoms with Gasteiger partial charge >= 0.3 is 0 Å². The molecule has 2 aromatic rings. The molecule has 0 bridgehead atoms. The third-order valence-corrected chi connectivity index (χ3v) is 3.21. The van der Waals surface area contributed by atoms with Gasteiger partial charge in [0.25, 0.3) is 0 Å². The van der Waals surface area contributed by atoms with E-state index in [1.165, 1.54) is 0 Å². The molecular formula is C13H17ClN4. The number of pyridine rings is 1. The molecule has 96 valence electrons. The Balaban J connectivity index is 2.17. The molecule has 18 heavy (non-hydrogen) atoms. The van der Waals surface area contributed by atoms with E-state index in [-0.39, 0.29) is 6.04 Å². The SMILES string of the molecule is CCn1ccnc1CC(NC)c1ccc(Cl)cn1. The summed E-state index contributed by atoms with van der Waals surface area (Å²) < 4.78 is 2.14. The van der Waals surface area contributed by atoms with Gasteiger partial charge in [-0.1, -0.05) is 11.6 Å². The van der Waals surface area contributed by atoms with Gasteiger partial charge in [-0.15, -0.1) is 0 Å². The lowest BCUT2D eigenvalue weighted by Crippen LogP contribution is -2.21. The number of nitrogens with one attached hydrogen (secondary N) is 1. The Bertz CT molecular complexity index is 492. The molecule has 2 rings (SSSR count). The van der Waals surface area contributed by atoms with E-state index in [0.717, 1.165) is 24.5 Å². The molecular weight excluding hydrogens is 248 g/mol. The maximum Gasteiger partial charge on any atom is 0.110 e. The Hall–Kier alpha value is -1.39. The van der Waals surface area contributed by atoms with Crippen molar-refractivity contribution in [1.29, 1.82) is 0 Å². The zero-order chi connectivity index (χ0) is 13.0. The van der Waals surface area contributed by atoms with Crippen LogP contribution in [0.15, 0.2) is 30.7 Å². The van der Waals surface area contributed by atoms with Gasteiger partial charge in [0.2, 0.25) is 0 Å². The van der Waals surface area contributed by atoms with Crippen molar-refractivity contribution < 1.29 is 0 Å². The number of nitrogens with zero attached hydrogens (tertiary/aromatic N) is 3. The zero-order valence-electron chi connectivity index (χ0n) is 10.6. The Kier molecular flexibility index (Phi) is 4.33. The van der Waals surface area contributed by atoms with Crippen molar-refractivity contribution in [2.75, 3.05) is 7.05 Å². The third kappa shape index (κ3) is 2.89. The lowest BCUT2D eigenvalue weighted by atomic mass is 10.1. The van der Waals surface area contributed by atoms with Crippen LogP contribution in [0.1, 0.15) is 24.5 Å². The van der Waals surface area contributed by atoms with E-state index in [1.54, 1.807) is 6.20 Å². The number of imidazole rings is 1. The normalized spacial score (nSPS) is 12.6. The van der Waals surface area contributed by atoms with Crippen LogP contribution in [0.4, 0.5) is 0 Å². The molecule has 0 aromatic carbocycles. The summed E-state index contributed by atoms with van der Waals surface area (Å²) in [6, 6.07) is 3.96. The summed E-state index contributed by atoms with van der Waals surface area (Å²) in [6.07, 6.45) is 6.32. The van der Waals surface area contributed by atoms with Gasteiger partial charge in [0.1, 0.15) is 5.82 Å². The van der Waals surface area contributed by atoms with Gasteiger partial charge in [-0.2, -0.15) is 0 Å². The monoisotopic (exact) mass is 264 g/mol. The van der Waals surface area contributed by atoms with Crippen molar-refractivity contribution in [1.82, 2.24) is 19.9 Å². The Morgan fingerprint density at radius 3 is 2.83 bits per heavy atom. The molecule has 0 aliphatic rings. The van der Waals surface area contributed by atoms with Crippen LogP contribution in [-0.4, -0.2) is 21.6 Å². The van der Waals surface area contributed by atoms with Crippen molar-refractivity contribution >= 4 is 11.6 Å². The molecule has 5 heteroatoms. The highest BCUT2D eigenvalue weighted by molar-refractivity contribution is 6.30. The predicted octanol–water partition coefficient (Wildman–Crippen LogP) is 2.45. The summed E-state index contributed by atoms with van der Waals surface area (Å²) in [5.41, 5.74) is 0.979. The van der Waals surface area contributed by atoms with E-state index in [4.69, 9.17) is 11.6 Å². The third-order valence-electron chi connectivity index (χ3n) is 2.98. The van der Waals surface area contributed by atoms with Gasteiger partial charge in [0.05, 0.1) is 16.8 Å². The van der Waals surface area contributed by atoms with E-state index < -0.39 is 0 Å². The fourth-order valence-corrected chi connectivity index (χ4v) is 2.06. The second-order valence-corrected chi connectivity index (χ2v) is 4.51. The number of likely N-dealkylation sites (N-methyl/N-ethyl adjacent to an activating group) is 1. The highest BCUT2D eigenvalue weighted by Gasteiger charge is 2.14. The van der Waals surface area contributed by atoms with E-state index in [9.17, 15) is 0 Å². The molecule has 0 amide bonds. The molecule has 1 atom stereocenters. The van der Waals surface area contributed by atoms with Crippen molar-refractivity contribution in [2.24, 2.45) is 0 Å². The summed E-state index contributed by atoms with van der Waals surface area (Å²) in [7, 11) is 1.93. The van der Waals surface area contributed by atoms with Crippen LogP contribution in [-0.2, 0) is 13.0 Å². The van der Waals surface area contributed by atoms with E-state index in [2.05, 4.69) is 26.8 Å². The lowest BCUT2D eigenvalue weighted by molar-refractivity contribution is 0.541. The van der Waals surface area contributed by atoms with Crippen LogP contribution >= 0.6 is 11.6 Å². The highest BCUT2D eigenvalue weighted by Crippen LogP contribution is 2.17. The maximum absolute atomic E-state index is 5.85. The number of aryl methyl sites for hydroxylation is 1. The Morgan fingerprint density at radius 1 is 1.39 bits per heavy atom. The average Bonchev–Trinajstić information content (AvgIpc) is 2.84. The van der Waals surface area contributed by atoms with Crippen molar-refractivity contribution in [3.63, 3.8) is 0 Å². The zero-order valence-corrected chi connectivity index (χ0v) is 11.4. The summed E-state index contributed by atoms with van der Waals surface area (Å²) in [5, 5.41) is 3.92. The smallest absolute Gasteiger partial charge is 0.110 e. The van der Waals surface area contributed by atoms with Crippen LogP contribution in [0.25, 0.3) is 0 Å². The number of aromatic nitrogens is 3. The van der Waals surface area contributed by atoms with E-state index in [0.29, 0.717) is 5.02 Å². The molecule has 2 heterocycles. The molecule has 1 unspecified atom stereocenters. The van der Waals surface area contributed by atoms with E-state index >= 15 is 0 Å². The largest absolute Gasteiger partial charge is 0.335 e. The summed E-state index contributed by atoms with van der Waals surface area (Å²) >= 11 is 5.85. The molecule has 0 saturated carbocycles. The van der Waals surface area contributed by atoms with Gasteiger partial charge in [0.15, 0.2) is 0 Å². The van der Waals surface area contributed by atoms with Crippen LogP contribution in [0.3, 0.4) is 0 Å². The summed E-state index contributed by atoms with van der Waals surface area (Å²) in [6.45, 7) is 3.04. The van der Waals surface area contributed by atoms with Gasteiger partial charge < -0.3 is 9.88 Å². The molecule has 0 spiro atoms. The van der Waals surface area contributed by atoms with Crippen LogP contribution in [0.5, 0.6) is 0 Å². The van der Waals surface area contributed by atoms with E-state index in [1.807, 2.05) is 31.6 Å². The molecule has 0 radical (unpaired) electrons. The molecule has 2 aromatic heterocycles. The summed E-state index contributed by atoms with van der Waals surface area (Å²) in [4.78, 5) is 8.74. The molecule has 4 nitrogen and oxygen atoms in total. The number of halogens is 1. The first-order chi connectivity index (χ1) is 8.74. The first-order valence-electron chi connectivity index (χ1n) is 6.03. The first kappa shape index (κ1) is 13.1. The first-order valence-corrected chi connectivity index (χ1v) is 6.41. The number of hydrogen-bond acceptors (Lipinski definition) is 3. The van der Waals surface area contributed by atoms with Gasteiger partial charge in [-0.3, -0.25) is 4.98 Å². The second kappa shape index (κ2) is 5.98. The molecule has 0 aliphatic heterocycles. The van der Waals surface area contributed by atoms with Crippen molar-refractivity contribution in [3.8, 4) is 0 Å². The highest BCUT2D eigenvalue weighted by atomic mass is 35.5. The second-order valence-electron chi connectivity index (χ2n) is 4.08. The van der Waals surface area contributed by atoms with Crippen molar-refractivity contribution in [2.45, 2.75) is 25.9 Å². The number of hydrogen-bond donors (Lipinski definition) is 1. The van der Waals surface area contributed by atoms with Crippen LogP contribution in [0, 0.1) is 0 Å². The van der Waals surface area contributed by atoms with Crippen LogP contribution in [0.2, 0.25) is 5.02 Å². The summed E-state index contributed by atoms with van der Waals surface area (Å²) in [5.74, 6) is 1.06. The van der Waals surface area contributed by atoms with Crippen LogP contribution < -0.4 is 5.32 Å². The molecule has 0 fully saturated rings. The maximum atomic E-state index is 5.85.